The predicted molar refractivity (Wildman–Crippen MR) is 120 cm³/mol. The Morgan fingerprint density at radius 3 is 1.47 bits per heavy atom. The zero-order chi connectivity index (χ0) is 23.3. The van der Waals surface area contributed by atoms with Crippen LogP contribution in [0.2, 0.25) is 0 Å². The van der Waals surface area contributed by atoms with Gasteiger partial charge < -0.3 is 19.1 Å². The number of rotatable bonds is 6. The second-order valence-corrected chi connectivity index (χ2v) is 6.87. The van der Waals surface area contributed by atoms with E-state index in [1.807, 2.05) is 13.0 Å². The second kappa shape index (κ2) is 9.78. The third-order valence-corrected chi connectivity index (χ3v) is 4.90. The number of carbonyl (C=O) groups is 3. The summed E-state index contributed by atoms with van der Waals surface area (Å²) in [5, 5.41) is 0. The molecule has 0 aliphatic carbocycles. The van der Waals surface area contributed by atoms with Crippen LogP contribution >= 0.6 is 0 Å². The van der Waals surface area contributed by atoms with E-state index in [-0.39, 0.29) is 16.7 Å². The maximum Gasteiger partial charge on any atom is 0.340 e. The first-order valence-electron chi connectivity index (χ1n) is 9.76. The fourth-order valence-electron chi connectivity index (χ4n) is 3.41. The van der Waals surface area contributed by atoms with Gasteiger partial charge in [-0.15, -0.1) is 0 Å². The van der Waals surface area contributed by atoms with Crippen molar-refractivity contribution in [1.29, 1.82) is 0 Å². The number of benzene rings is 3. The van der Waals surface area contributed by atoms with Crippen molar-refractivity contribution in [3.8, 4) is 0 Å². The number of hydrogen-bond acceptors (Lipinski definition) is 7. The molecular weight excluding hydrogens is 410 g/mol. The van der Waals surface area contributed by atoms with Crippen molar-refractivity contribution in [2.75, 3.05) is 26.2 Å². The van der Waals surface area contributed by atoms with E-state index in [0.29, 0.717) is 17.1 Å². The maximum absolute atomic E-state index is 12.7. The molecule has 0 saturated heterocycles. The topological polar surface area (TPSA) is 82.1 Å². The smallest absolute Gasteiger partial charge is 0.340 e. The molecule has 3 aromatic carbocycles. The number of para-hydroxylation sites is 2. The average molecular weight is 433 g/mol. The molecule has 7 heteroatoms. The predicted octanol–water partition coefficient (Wildman–Crippen LogP) is 4.82. The van der Waals surface area contributed by atoms with Crippen molar-refractivity contribution >= 4 is 35.0 Å². The van der Waals surface area contributed by atoms with E-state index in [1.165, 1.54) is 21.3 Å². The van der Waals surface area contributed by atoms with Crippen LogP contribution in [0.25, 0.3) is 0 Å². The van der Waals surface area contributed by atoms with Gasteiger partial charge in [-0.1, -0.05) is 35.9 Å². The number of hydrogen-bond donors (Lipinski definition) is 0. The molecule has 164 valence electrons. The van der Waals surface area contributed by atoms with Crippen LogP contribution in [-0.4, -0.2) is 39.2 Å². The van der Waals surface area contributed by atoms with Crippen molar-refractivity contribution in [2.45, 2.75) is 6.92 Å². The van der Waals surface area contributed by atoms with Crippen molar-refractivity contribution in [3.05, 3.63) is 89.0 Å². The van der Waals surface area contributed by atoms with E-state index in [1.54, 1.807) is 65.6 Å². The normalized spacial score (nSPS) is 10.2. The van der Waals surface area contributed by atoms with Gasteiger partial charge in [0, 0.05) is 0 Å². The molecule has 0 aromatic heterocycles. The zero-order valence-corrected chi connectivity index (χ0v) is 18.2. The number of nitrogens with zero attached hydrogens (tertiary/aromatic N) is 1. The molecule has 32 heavy (non-hydrogen) atoms. The Bertz CT molecular complexity index is 1110. The first kappa shape index (κ1) is 22.6. The molecule has 0 fully saturated rings. The molecule has 0 aliphatic rings. The van der Waals surface area contributed by atoms with E-state index in [9.17, 15) is 14.4 Å². The molecule has 3 rings (SSSR count). The Morgan fingerprint density at radius 2 is 1.00 bits per heavy atom. The van der Waals surface area contributed by atoms with E-state index < -0.39 is 17.9 Å². The molecule has 0 bridgehead atoms. The Morgan fingerprint density at radius 1 is 0.594 bits per heavy atom. The second-order valence-electron chi connectivity index (χ2n) is 6.87. The molecular formula is C25H23NO6. The third kappa shape index (κ3) is 4.32. The average Bonchev–Trinajstić information content (AvgIpc) is 2.84. The summed E-state index contributed by atoms with van der Waals surface area (Å²) in [5.74, 6) is -1.68. The van der Waals surface area contributed by atoms with Crippen LogP contribution in [0.15, 0.2) is 66.7 Å². The lowest BCUT2D eigenvalue weighted by atomic mass is 10.0. The van der Waals surface area contributed by atoms with Crippen molar-refractivity contribution in [2.24, 2.45) is 0 Å². The van der Waals surface area contributed by atoms with Crippen molar-refractivity contribution in [3.63, 3.8) is 0 Å². The summed E-state index contributed by atoms with van der Waals surface area (Å²) in [7, 11) is 3.87. The zero-order valence-electron chi connectivity index (χ0n) is 18.2. The highest BCUT2D eigenvalue weighted by Crippen LogP contribution is 2.41. The highest BCUT2D eigenvalue weighted by Gasteiger charge is 2.27. The van der Waals surface area contributed by atoms with Gasteiger partial charge in [0.05, 0.1) is 55.1 Å². The Labute approximate surface area is 186 Å². The maximum atomic E-state index is 12.7. The van der Waals surface area contributed by atoms with Crippen molar-refractivity contribution < 1.29 is 28.6 Å². The standard InChI is InChI=1S/C25H23NO6/c1-16-13-14-22(19(15-16)25(29)32-4)26(20-11-7-5-9-17(20)23(27)30-2)21-12-8-6-10-18(21)24(28)31-3/h5-15H,1-4H3. The monoisotopic (exact) mass is 433 g/mol. The van der Waals surface area contributed by atoms with Gasteiger partial charge in [-0.3, -0.25) is 0 Å². The molecule has 0 radical (unpaired) electrons. The summed E-state index contributed by atoms with van der Waals surface area (Å²) in [4.78, 5) is 39.5. The number of aryl methyl sites for hydroxylation is 1. The number of carbonyl (C=O) groups excluding carboxylic acids is 3. The number of methoxy groups -OCH3 is 3. The van der Waals surface area contributed by atoms with Gasteiger partial charge >= 0.3 is 17.9 Å². The van der Waals surface area contributed by atoms with Gasteiger partial charge in [0.1, 0.15) is 0 Å². The highest BCUT2D eigenvalue weighted by atomic mass is 16.5. The minimum Gasteiger partial charge on any atom is -0.465 e. The van der Waals surface area contributed by atoms with E-state index in [2.05, 4.69) is 0 Å². The first-order valence-corrected chi connectivity index (χ1v) is 9.76. The fraction of sp³-hybridized carbons (Fsp3) is 0.160. The largest absolute Gasteiger partial charge is 0.465 e. The van der Waals surface area contributed by atoms with E-state index in [4.69, 9.17) is 14.2 Å². The van der Waals surface area contributed by atoms with Crippen LogP contribution in [0, 0.1) is 6.92 Å². The summed E-state index contributed by atoms with van der Waals surface area (Å²) < 4.78 is 14.9. The van der Waals surface area contributed by atoms with Crippen LogP contribution in [-0.2, 0) is 14.2 Å². The van der Waals surface area contributed by atoms with Gasteiger partial charge in [0.25, 0.3) is 0 Å². The third-order valence-electron chi connectivity index (χ3n) is 4.90. The Balaban J connectivity index is 2.41. The van der Waals surface area contributed by atoms with Crippen LogP contribution in [0.4, 0.5) is 17.1 Å². The molecule has 3 aromatic rings. The van der Waals surface area contributed by atoms with Gasteiger partial charge in [0.2, 0.25) is 0 Å². The Hall–Kier alpha value is -4.13. The van der Waals surface area contributed by atoms with Crippen LogP contribution in [0.3, 0.4) is 0 Å². The number of esters is 3. The van der Waals surface area contributed by atoms with Crippen LogP contribution in [0.1, 0.15) is 36.6 Å². The summed E-state index contributed by atoms with van der Waals surface area (Å²) >= 11 is 0. The lowest BCUT2D eigenvalue weighted by molar-refractivity contribution is 0.0593. The molecule has 0 amide bonds. The molecule has 0 spiro atoms. The fourth-order valence-corrected chi connectivity index (χ4v) is 3.41. The summed E-state index contributed by atoms with van der Waals surface area (Å²) in [6.07, 6.45) is 0. The molecule has 0 atom stereocenters. The minimum absolute atomic E-state index is 0.256. The lowest BCUT2D eigenvalue weighted by Crippen LogP contribution is -2.20. The molecule has 0 unspecified atom stereocenters. The summed E-state index contributed by atoms with van der Waals surface area (Å²) in [6, 6.07) is 18.8. The molecule has 7 nitrogen and oxygen atoms in total. The van der Waals surface area contributed by atoms with Crippen molar-refractivity contribution in [1.82, 2.24) is 0 Å². The molecule has 0 N–H and O–H groups in total. The SMILES string of the molecule is COC(=O)c1ccccc1N(c1ccccc1C(=O)OC)c1ccc(C)cc1C(=O)OC. The van der Waals surface area contributed by atoms with Gasteiger partial charge in [-0.05, 0) is 43.3 Å². The van der Waals surface area contributed by atoms with Crippen LogP contribution in [0.5, 0.6) is 0 Å². The van der Waals surface area contributed by atoms with Crippen LogP contribution < -0.4 is 4.90 Å². The first-order chi connectivity index (χ1) is 15.4. The summed E-state index contributed by atoms with van der Waals surface area (Å²) in [6.45, 7) is 1.85. The van der Waals surface area contributed by atoms with E-state index >= 15 is 0 Å². The highest BCUT2D eigenvalue weighted by molar-refractivity contribution is 6.06. The minimum atomic E-state index is -0.562. The number of ether oxygens (including phenoxy) is 3. The Kier molecular flexibility index (Phi) is 6.90. The quantitative estimate of drug-likeness (QED) is 0.407. The van der Waals surface area contributed by atoms with Gasteiger partial charge in [0.15, 0.2) is 0 Å². The molecule has 0 aliphatic heterocycles. The van der Waals surface area contributed by atoms with E-state index in [0.717, 1.165) is 5.56 Å². The summed E-state index contributed by atoms with van der Waals surface area (Å²) in [5.41, 5.74) is 2.89. The number of anilines is 3. The molecule has 0 heterocycles. The van der Waals surface area contributed by atoms with Gasteiger partial charge in [-0.2, -0.15) is 0 Å². The lowest BCUT2D eigenvalue weighted by Gasteiger charge is -2.29. The molecule has 0 saturated carbocycles. The van der Waals surface area contributed by atoms with Gasteiger partial charge in [-0.25, -0.2) is 14.4 Å².